The lowest BCUT2D eigenvalue weighted by atomic mass is 10.2. The molecule has 1 fully saturated rings. The van der Waals surface area contributed by atoms with Crippen molar-refractivity contribution in [1.29, 1.82) is 0 Å². The number of thioether (sulfide) groups is 1. The molecule has 0 aromatic carbocycles. The molecule has 1 aliphatic rings. The summed E-state index contributed by atoms with van der Waals surface area (Å²) in [6.45, 7) is 0.594. The van der Waals surface area contributed by atoms with Crippen LogP contribution in [0.25, 0.3) is 0 Å². The Hall–Kier alpha value is -0.750. The van der Waals surface area contributed by atoms with Crippen LogP contribution in [0.5, 0.6) is 0 Å². The fraction of sp³-hybridized carbons (Fsp3) is 0.800. The number of nitrogens with zero attached hydrogens (tertiary/aromatic N) is 1. The summed E-state index contributed by atoms with van der Waals surface area (Å²) in [5.74, 6) is 1.55. The molecule has 1 heterocycles. The lowest BCUT2D eigenvalue weighted by Gasteiger charge is -2.20. The number of nitrogens with one attached hydrogen (secondary N) is 1. The first-order chi connectivity index (χ1) is 7.65. The summed E-state index contributed by atoms with van der Waals surface area (Å²) >= 11 is 1.73. The van der Waals surface area contributed by atoms with Gasteiger partial charge in [-0.1, -0.05) is 0 Å². The van der Waals surface area contributed by atoms with E-state index in [2.05, 4.69) is 10.1 Å². The lowest BCUT2D eigenvalue weighted by molar-refractivity contribution is -0.141. The zero-order chi connectivity index (χ0) is 12.0. The van der Waals surface area contributed by atoms with Crippen LogP contribution in [0.3, 0.4) is 0 Å². The van der Waals surface area contributed by atoms with E-state index in [4.69, 9.17) is 0 Å². The first-order valence-corrected chi connectivity index (χ1v) is 6.43. The second-order valence-corrected chi connectivity index (χ2v) is 4.74. The molecule has 1 atom stereocenters. The second-order valence-electron chi connectivity index (χ2n) is 3.71. The Morgan fingerprint density at radius 3 is 2.88 bits per heavy atom. The molecule has 1 unspecified atom stereocenters. The first-order valence-electron chi connectivity index (χ1n) is 5.28. The molecule has 0 saturated carbocycles. The van der Waals surface area contributed by atoms with E-state index in [0.29, 0.717) is 19.4 Å². The van der Waals surface area contributed by atoms with Gasteiger partial charge in [0.05, 0.1) is 13.2 Å². The van der Waals surface area contributed by atoms with Gasteiger partial charge in [0.2, 0.25) is 5.91 Å². The van der Waals surface area contributed by atoms with Gasteiger partial charge < -0.3 is 9.64 Å². The van der Waals surface area contributed by atoms with Gasteiger partial charge >= 0.3 is 5.97 Å². The van der Waals surface area contributed by atoms with Gasteiger partial charge in [0.1, 0.15) is 0 Å². The Bertz CT molecular complexity index is 254. The van der Waals surface area contributed by atoms with Crippen molar-refractivity contribution in [2.24, 2.45) is 0 Å². The van der Waals surface area contributed by atoms with Crippen molar-refractivity contribution in [1.82, 2.24) is 10.2 Å². The second kappa shape index (κ2) is 6.75. The van der Waals surface area contributed by atoms with Crippen molar-refractivity contribution < 1.29 is 14.3 Å². The van der Waals surface area contributed by atoms with Crippen molar-refractivity contribution in [3.05, 3.63) is 0 Å². The molecule has 0 aliphatic carbocycles. The molecule has 16 heavy (non-hydrogen) atoms. The van der Waals surface area contributed by atoms with E-state index in [-0.39, 0.29) is 17.9 Å². The molecule has 5 nitrogen and oxygen atoms in total. The molecule has 1 amide bonds. The van der Waals surface area contributed by atoms with Gasteiger partial charge in [0.25, 0.3) is 0 Å². The fourth-order valence-corrected chi connectivity index (χ4v) is 2.43. The quantitative estimate of drug-likeness (QED) is 0.695. The van der Waals surface area contributed by atoms with Gasteiger partial charge in [-0.2, -0.15) is 0 Å². The number of carbonyl (C=O) groups is 2. The minimum Gasteiger partial charge on any atom is -0.469 e. The van der Waals surface area contributed by atoms with Crippen LogP contribution in [0.4, 0.5) is 0 Å². The molecule has 0 aromatic heterocycles. The van der Waals surface area contributed by atoms with Crippen LogP contribution in [0.2, 0.25) is 0 Å². The van der Waals surface area contributed by atoms with Crippen LogP contribution >= 0.6 is 11.8 Å². The smallest absolute Gasteiger partial charge is 0.305 e. The van der Waals surface area contributed by atoms with E-state index in [1.165, 1.54) is 7.11 Å². The van der Waals surface area contributed by atoms with Crippen molar-refractivity contribution >= 4 is 23.6 Å². The highest BCUT2D eigenvalue weighted by Crippen LogP contribution is 2.11. The number of methoxy groups -OCH3 is 1. The van der Waals surface area contributed by atoms with Gasteiger partial charge in [-0.3, -0.25) is 14.9 Å². The van der Waals surface area contributed by atoms with Crippen molar-refractivity contribution in [3.63, 3.8) is 0 Å². The van der Waals surface area contributed by atoms with Gasteiger partial charge in [0, 0.05) is 31.6 Å². The molecule has 0 spiro atoms. The summed E-state index contributed by atoms with van der Waals surface area (Å²) in [6.07, 6.45) is 1.01. The zero-order valence-corrected chi connectivity index (χ0v) is 10.5. The van der Waals surface area contributed by atoms with Crippen LogP contribution in [0.1, 0.15) is 12.8 Å². The minimum absolute atomic E-state index is 0.0619. The molecule has 1 saturated heterocycles. The summed E-state index contributed by atoms with van der Waals surface area (Å²) in [6, 6.07) is -0.0619. The number of esters is 1. The molecule has 0 radical (unpaired) electrons. The summed E-state index contributed by atoms with van der Waals surface area (Å²) in [5.41, 5.74) is 0. The Balaban J connectivity index is 2.20. The number of hydrogen-bond donors (Lipinski definition) is 1. The van der Waals surface area contributed by atoms with Crippen molar-refractivity contribution in [2.45, 2.75) is 18.9 Å². The first kappa shape index (κ1) is 13.3. The monoisotopic (exact) mass is 246 g/mol. The van der Waals surface area contributed by atoms with Crippen LogP contribution in [-0.4, -0.2) is 55.2 Å². The summed E-state index contributed by atoms with van der Waals surface area (Å²) in [5, 5.41) is 3.13. The standard InChI is InChI=1S/C10H18N2O3S/c1-12(5-3-4-9(13)15-2)10(14)8-6-16-7-11-8/h8,11H,3-7H2,1-2H3. The van der Waals surface area contributed by atoms with E-state index in [0.717, 1.165) is 11.6 Å². The minimum atomic E-state index is -0.226. The molecular weight excluding hydrogens is 228 g/mol. The Labute approximate surface area is 99.9 Å². The maximum absolute atomic E-state index is 11.8. The lowest BCUT2D eigenvalue weighted by Crippen LogP contribution is -2.43. The third kappa shape index (κ3) is 4.02. The number of carbonyl (C=O) groups excluding carboxylic acids is 2. The zero-order valence-electron chi connectivity index (χ0n) is 9.69. The predicted molar refractivity (Wildman–Crippen MR) is 63.1 cm³/mol. The highest BCUT2D eigenvalue weighted by Gasteiger charge is 2.25. The SMILES string of the molecule is COC(=O)CCCN(C)C(=O)C1CSCN1. The number of hydrogen-bond acceptors (Lipinski definition) is 5. The van der Waals surface area contributed by atoms with Crippen LogP contribution in [-0.2, 0) is 14.3 Å². The van der Waals surface area contributed by atoms with Crippen LogP contribution in [0, 0.1) is 0 Å². The highest BCUT2D eigenvalue weighted by molar-refractivity contribution is 7.99. The van der Waals surface area contributed by atoms with E-state index >= 15 is 0 Å². The topological polar surface area (TPSA) is 58.6 Å². The number of likely N-dealkylation sites (N-methyl/N-ethyl adjacent to an activating group) is 1. The fourth-order valence-electron chi connectivity index (χ4n) is 1.49. The average Bonchev–Trinajstić information content (AvgIpc) is 2.81. The molecule has 0 bridgehead atoms. The molecule has 1 aliphatic heterocycles. The van der Waals surface area contributed by atoms with Gasteiger partial charge in [-0.05, 0) is 6.42 Å². The number of ether oxygens (including phenoxy) is 1. The van der Waals surface area contributed by atoms with Crippen LogP contribution < -0.4 is 5.32 Å². The van der Waals surface area contributed by atoms with E-state index in [1.54, 1.807) is 23.7 Å². The van der Waals surface area contributed by atoms with Gasteiger partial charge in [-0.25, -0.2) is 0 Å². The molecule has 1 rings (SSSR count). The third-order valence-corrected chi connectivity index (χ3v) is 3.43. The summed E-state index contributed by atoms with van der Waals surface area (Å²) < 4.78 is 4.53. The van der Waals surface area contributed by atoms with Crippen LogP contribution in [0.15, 0.2) is 0 Å². The van der Waals surface area contributed by atoms with Gasteiger partial charge in [0.15, 0.2) is 0 Å². The summed E-state index contributed by atoms with van der Waals surface area (Å²) in [7, 11) is 3.14. The Kier molecular flexibility index (Phi) is 5.62. The van der Waals surface area contributed by atoms with Crippen molar-refractivity contribution in [3.8, 4) is 0 Å². The number of rotatable bonds is 5. The predicted octanol–water partition coefficient (Wildman–Crippen LogP) is 0.0605. The van der Waals surface area contributed by atoms with Gasteiger partial charge in [-0.15, -0.1) is 11.8 Å². The molecule has 0 aromatic rings. The maximum Gasteiger partial charge on any atom is 0.305 e. The van der Waals surface area contributed by atoms with E-state index < -0.39 is 0 Å². The molecule has 6 heteroatoms. The van der Waals surface area contributed by atoms with E-state index in [1.807, 2.05) is 0 Å². The highest BCUT2D eigenvalue weighted by atomic mass is 32.2. The molecular formula is C10H18N2O3S. The molecule has 1 N–H and O–H groups in total. The van der Waals surface area contributed by atoms with E-state index in [9.17, 15) is 9.59 Å². The third-order valence-electron chi connectivity index (χ3n) is 2.49. The number of amides is 1. The average molecular weight is 246 g/mol. The summed E-state index contributed by atoms with van der Waals surface area (Å²) in [4.78, 5) is 24.4. The normalized spacial score (nSPS) is 19.5. The molecule has 92 valence electrons. The Morgan fingerprint density at radius 2 is 2.31 bits per heavy atom. The Morgan fingerprint density at radius 1 is 1.56 bits per heavy atom. The largest absolute Gasteiger partial charge is 0.469 e. The van der Waals surface area contributed by atoms with Crippen molar-refractivity contribution in [2.75, 3.05) is 32.3 Å². The maximum atomic E-state index is 11.8.